The van der Waals surface area contributed by atoms with E-state index < -0.39 is 28.5 Å². The third-order valence-electron chi connectivity index (χ3n) is 8.08. The van der Waals surface area contributed by atoms with Crippen LogP contribution in [0.15, 0.2) is 102 Å². The zero-order valence-electron chi connectivity index (χ0n) is 27.0. The summed E-state index contributed by atoms with van der Waals surface area (Å²) in [5.74, 6) is -0.821. The minimum atomic E-state index is -4.21. The Kier molecular flexibility index (Phi) is 11.7. The monoisotopic (exact) mass is 659 g/mol. The molecular formula is C37H42ClN3O4S. The van der Waals surface area contributed by atoms with Gasteiger partial charge in [0, 0.05) is 24.0 Å². The Hall–Kier alpha value is -4.14. The van der Waals surface area contributed by atoms with Gasteiger partial charge >= 0.3 is 0 Å². The molecule has 0 saturated carbocycles. The standard InChI is InChI=1S/C37H42ClN3O4S/c1-6-29(5)39-37(43)35(22-30-10-8-7-9-11-30)40(24-31-17-12-26(2)13-18-31)36(42)25-41(32-19-16-28(4)34(38)23-32)46(44,45)33-20-14-27(3)15-21-33/h7-21,23,29,35H,6,22,24-25H2,1-5H3,(H,39,43)/t29-,35-/m0/s1. The largest absolute Gasteiger partial charge is 0.352 e. The predicted octanol–water partition coefficient (Wildman–Crippen LogP) is 7.02. The van der Waals surface area contributed by atoms with Crippen molar-refractivity contribution in [3.8, 4) is 0 Å². The van der Waals surface area contributed by atoms with Gasteiger partial charge in [-0.2, -0.15) is 0 Å². The van der Waals surface area contributed by atoms with Crippen molar-refractivity contribution < 1.29 is 18.0 Å². The molecule has 4 rings (SSSR count). The van der Waals surface area contributed by atoms with E-state index in [4.69, 9.17) is 11.6 Å². The summed E-state index contributed by atoms with van der Waals surface area (Å²) in [6, 6.07) is 27.6. The second-order valence-electron chi connectivity index (χ2n) is 11.8. The van der Waals surface area contributed by atoms with Gasteiger partial charge in [0.15, 0.2) is 0 Å². The molecule has 0 saturated heterocycles. The van der Waals surface area contributed by atoms with Crippen molar-refractivity contribution in [2.75, 3.05) is 10.8 Å². The van der Waals surface area contributed by atoms with Gasteiger partial charge in [0.2, 0.25) is 11.8 Å². The molecule has 0 aliphatic carbocycles. The van der Waals surface area contributed by atoms with Gasteiger partial charge in [0.05, 0.1) is 10.6 Å². The second-order valence-corrected chi connectivity index (χ2v) is 14.1. The van der Waals surface area contributed by atoms with E-state index in [9.17, 15) is 18.0 Å². The summed E-state index contributed by atoms with van der Waals surface area (Å²) in [7, 11) is -4.21. The average molecular weight is 660 g/mol. The van der Waals surface area contributed by atoms with Crippen molar-refractivity contribution >= 4 is 39.1 Å². The van der Waals surface area contributed by atoms with Crippen molar-refractivity contribution in [3.05, 3.63) is 130 Å². The second kappa shape index (κ2) is 15.4. The van der Waals surface area contributed by atoms with Gasteiger partial charge in [0.25, 0.3) is 10.0 Å². The van der Waals surface area contributed by atoms with Crippen LogP contribution >= 0.6 is 11.6 Å². The molecule has 0 spiro atoms. The molecule has 242 valence electrons. The highest BCUT2D eigenvalue weighted by Crippen LogP contribution is 2.29. The zero-order chi connectivity index (χ0) is 33.4. The van der Waals surface area contributed by atoms with Crippen molar-refractivity contribution in [1.29, 1.82) is 0 Å². The number of anilines is 1. The highest BCUT2D eigenvalue weighted by atomic mass is 35.5. The molecule has 1 N–H and O–H groups in total. The summed E-state index contributed by atoms with van der Waals surface area (Å²) < 4.78 is 29.5. The van der Waals surface area contributed by atoms with Gasteiger partial charge in [-0.15, -0.1) is 0 Å². The van der Waals surface area contributed by atoms with E-state index in [1.807, 2.05) is 89.2 Å². The molecule has 0 heterocycles. The smallest absolute Gasteiger partial charge is 0.264 e. The van der Waals surface area contributed by atoms with Gasteiger partial charge in [-0.25, -0.2) is 8.42 Å². The molecule has 4 aromatic rings. The molecule has 7 nitrogen and oxygen atoms in total. The fraction of sp³-hybridized carbons (Fsp3) is 0.297. The Morgan fingerprint density at radius 2 is 1.43 bits per heavy atom. The molecule has 0 aliphatic rings. The summed E-state index contributed by atoms with van der Waals surface area (Å²) >= 11 is 6.47. The van der Waals surface area contributed by atoms with Gasteiger partial charge in [-0.1, -0.05) is 102 Å². The quantitative estimate of drug-likeness (QED) is 0.167. The van der Waals surface area contributed by atoms with E-state index in [-0.39, 0.29) is 35.5 Å². The number of amides is 2. The Labute approximate surface area is 278 Å². The van der Waals surface area contributed by atoms with E-state index in [0.29, 0.717) is 11.4 Å². The number of aryl methyl sites for hydroxylation is 3. The number of hydrogen-bond acceptors (Lipinski definition) is 4. The van der Waals surface area contributed by atoms with Crippen LogP contribution in [0.5, 0.6) is 0 Å². The molecule has 0 bridgehead atoms. The molecule has 0 aromatic heterocycles. The molecule has 46 heavy (non-hydrogen) atoms. The maximum atomic E-state index is 14.6. The number of carbonyl (C=O) groups is 2. The number of nitrogens with one attached hydrogen (secondary N) is 1. The van der Waals surface area contributed by atoms with E-state index in [1.165, 1.54) is 17.0 Å². The van der Waals surface area contributed by atoms with Crippen LogP contribution in [0.2, 0.25) is 5.02 Å². The van der Waals surface area contributed by atoms with E-state index >= 15 is 0 Å². The van der Waals surface area contributed by atoms with Gasteiger partial charge in [0.1, 0.15) is 12.6 Å². The van der Waals surface area contributed by atoms with Crippen molar-refractivity contribution in [2.45, 2.75) is 71.0 Å². The van der Waals surface area contributed by atoms with E-state index in [2.05, 4.69) is 5.32 Å². The van der Waals surface area contributed by atoms with Crippen molar-refractivity contribution in [3.63, 3.8) is 0 Å². The third-order valence-corrected chi connectivity index (χ3v) is 10.3. The lowest BCUT2D eigenvalue weighted by Gasteiger charge is -2.34. The number of benzene rings is 4. The van der Waals surface area contributed by atoms with Crippen LogP contribution in [0.1, 0.15) is 48.1 Å². The highest BCUT2D eigenvalue weighted by molar-refractivity contribution is 7.92. The first-order valence-corrected chi connectivity index (χ1v) is 17.3. The number of halogens is 1. The van der Waals surface area contributed by atoms with Gasteiger partial charge in [-0.05, 0) is 75.1 Å². The summed E-state index contributed by atoms with van der Waals surface area (Å²) in [5, 5.41) is 3.43. The minimum Gasteiger partial charge on any atom is -0.352 e. The number of rotatable bonds is 13. The molecule has 4 aromatic carbocycles. The van der Waals surface area contributed by atoms with Crippen LogP contribution in [0.25, 0.3) is 0 Å². The molecule has 0 radical (unpaired) electrons. The summed E-state index contributed by atoms with van der Waals surface area (Å²) in [6.07, 6.45) is 0.967. The van der Waals surface area contributed by atoms with Crippen molar-refractivity contribution in [1.82, 2.24) is 10.2 Å². The highest BCUT2D eigenvalue weighted by Gasteiger charge is 2.35. The van der Waals surface area contributed by atoms with Gasteiger partial charge < -0.3 is 10.2 Å². The SMILES string of the molecule is CC[C@H](C)NC(=O)[C@H](Cc1ccccc1)N(Cc1ccc(C)cc1)C(=O)CN(c1ccc(C)c(Cl)c1)S(=O)(=O)c1ccc(C)cc1. The van der Waals surface area contributed by atoms with Crippen LogP contribution in [-0.4, -0.2) is 43.8 Å². The topological polar surface area (TPSA) is 86.8 Å². The third kappa shape index (κ3) is 8.77. The lowest BCUT2D eigenvalue weighted by atomic mass is 10.0. The number of nitrogens with zero attached hydrogens (tertiary/aromatic N) is 2. The molecule has 2 atom stereocenters. The zero-order valence-corrected chi connectivity index (χ0v) is 28.6. The minimum absolute atomic E-state index is 0.0445. The summed E-state index contributed by atoms with van der Waals surface area (Å²) in [4.78, 5) is 30.1. The lowest BCUT2D eigenvalue weighted by molar-refractivity contribution is -0.140. The van der Waals surface area contributed by atoms with Crippen LogP contribution < -0.4 is 9.62 Å². The molecule has 0 unspecified atom stereocenters. The Morgan fingerprint density at radius 1 is 0.826 bits per heavy atom. The summed E-state index contributed by atoms with van der Waals surface area (Å²) in [6.45, 7) is 9.14. The Balaban J connectivity index is 1.82. The predicted molar refractivity (Wildman–Crippen MR) is 185 cm³/mol. The molecule has 2 amide bonds. The fourth-order valence-corrected chi connectivity index (χ4v) is 6.57. The first-order chi connectivity index (χ1) is 21.9. The molecule has 0 fully saturated rings. The van der Waals surface area contributed by atoms with Crippen LogP contribution in [0, 0.1) is 20.8 Å². The van der Waals surface area contributed by atoms with Crippen LogP contribution in [-0.2, 0) is 32.6 Å². The first kappa shape index (κ1) is 34.7. The van der Waals surface area contributed by atoms with Crippen LogP contribution in [0.3, 0.4) is 0 Å². The molecule has 9 heteroatoms. The number of carbonyl (C=O) groups excluding carboxylic acids is 2. The van der Waals surface area contributed by atoms with Gasteiger partial charge in [-0.3, -0.25) is 13.9 Å². The normalized spacial score (nSPS) is 12.7. The fourth-order valence-electron chi connectivity index (χ4n) is 4.99. The number of sulfonamides is 1. The Morgan fingerprint density at radius 3 is 2.02 bits per heavy atom. The maximum absolute atomic E-state index is 14.6. The first-order valence-electron chi connectivity index (χ1n) is 15.4. The maximum Gasteiger partial charge on any atom is 0.264 e. The average Bonchev–Trinajstić information content (AvgIpc) is 3.04. The number of hydrogen-bond donors (Lipinski definition) is 1. The summed E-state index contributed by atoms with van der Waals surface area (Å²) in [5.41, 5.74) is 4.69. The van der Waals surface area contributed by atoms with Crippen LogP contribution in [0.4, 0.5) is 5.69 Å². The Bertz CT molecular complexity index is 1740. The van der Waals surface area contributed by atoms with Crippen molar-refractivity contribution in [2.24, 2.45) is 0 Å². The molecule has 0 aliphatic heterocycles. The van der Waals surface area contributed by atoms with E-state index in [1.54, 1.807) is 30.3 Å². The van der Waals surface area contributed by atoms with E-state index in [0.717, 1.165) is 32.1 Å². The lowest BCUT2D eigenvalue weighted by Crippen LogP contribution is -2.54. The molecular weight excluding hydrogens is 618 g/mol.